The first-order chi connectivity index (χ1) is 52.6. The molecule has 11 atom stereocenters. The Morgan fingerprint density at radius 2 is 1.05 bits per heavy atom. The highest BCUT2D eigenvalue weighted by Crippen LogP contribution is 2.24. The highest BCUT2D eigenvalue weighted by atomic mass is 16.3. The molecule has 110 heavy (non-hydrogen) atoms. The zero-order valence-corrected chi connectivity index (χ0v) is 61.9. The van der Waals surface area contributed by atoms with Gasteiger partial charge >= 0.3 is 0 Å². The number of nitrogens with zero attached hydrogens (tertiary/aromatic N) is 1. The molecule has 0 saturated carbocycles. The molecule has 2 aromatic heterocycles. The molecule has 0 unspecified atom stereocenters. The van der Waals surface area contributed by atoms with Crippen molar-refractivity contribution < 1.29 is 62.6 Å². The molecule has 12 amide bonds. The second-order valence-electron chi connectivity index (χ2n) is 27.6. The van der Waals surface area contributed by atoms with Crippen molar-refractivity contribution in [2.45, 2.75) is 183 Å². The molecule has 0 spiro atoms. The number of aromatic hydroxyl groups is 1. The summed E-state index contributed by atoms with van der Waals surface area (Å²) >= 11 is 0. The standard InChI is InChI=1S/C73H106N24O13/c1-3-40(2)60(69(109)94-53(21-12-32-84-73(80)81)70(110)97-33-13-22-57(97)68(108)90-49(61(75)101)18-8-9-29-74)96-65(105)51(20-11-31-83-72(78)79)92-63(103)50(19-10-30-82-71(76)77)91-64(104)52-27-28-58(99)88-54(34-41-23-25-44(98)26-24-41)62(102)87-39-59(100)89-55(35-42-37-85-47-16-6-4-14-45(42)47)66(106)95-56(67(107)93-52)36-43-38-86-48-17-7-5-15-46(43)48/h4-7,14-17,23-26,37-38,40,49-57,60,85-86,98H,3,8-13,18-22,27-36,39,74H2,1-2H3,(H2,75,101)(H,87,102)(H,88,99)(H,89,100)(H,90,108)(H,91,104)(H,92,103)(H,93,107)(H,94,109)(H,95,106)(H,96,105)(H4,76,77,82)(H4,78,79,83)(H4,80,81,84)/t40-,49-,50-,51-,52-,53-,54-,55-,56-,57-,60-/m0/s1. The van der Waals surface area contributed by atoms with Gasteiger partial charge in [-0.15, -0.1) is 0 Å². The second-order valence-corrected chi connectivity index (χ2v) is 27.6. The Bertz CT molecular complexity index is 4070. The largest absolute Gasteiger partial charge is 0.508 e. The number of hydrogen-bond acceptors (Lipinski definition) is 17. The summed E-state index contributed by atoms with van der Waals surface area (Å²) in [6, 6.07) is 6.11. The number of hydrogen-bond donors (Lipinski definition) is 24. The molecular weight excluding hydrogens is 1420 g/mol. The zero-order valence-electron chi connectivity index (χ0n) is 61.9. The third-order valence-electron chi connectivity index (χ3n) is 19.3. The van der Waals surface area contributed by atoms with Crippen molar-refractivity contribution >= 4 is 111 Å². The average molecular weight is 1530 g/mol. The van der Waals surface area contributed by atoms with E-state index in [0.717, 1.165) is 10.9 Å². The number of rotatable bonds is 36. The van der Waals surface area contributed by atoms with E-state index in [1.54, 1.807) is 56.6 Å². The summed E-state index contributed by atoms with van der Waals surface area (Å²) in [5.41, 5.74) is 31.2. The number of phenols is 1. The van der Waals surface area contributed by atoms with Crippen LogP contribution in [0.15, 0.2) is 85.2 Å². The number of nitrogens with two attached hydrogens (primary N) is 5. The number of fused-ring (bicyclic) bond motifs is 2. The maximum Gasteiger partial charge on any atom is 0.245 e. The number of phenolic OH excluding ortho intramolecular Hbond substituents is 1. The molecule has 2 fully saturated rings. The summed E-state index contributed by atoms with van der Waals surface area (Å²) in [7, 11) is 0. The fourth-order valence-corrected chi connectivity index (χ4v) is 13.1. The van der Waals surface area contributed by atoms with E-state index in [0.29, 0.717) is 53.4 Å². The van der Waals surface area contributed by atoms with Crippen molar-refractivity contribution in [3.8, 4) is 5.75 Å². The number of aromatic nitrogens is 2. The SMILES string of the molecule is CC[C@H](C)[C@H](NC(=O)[C@H](CCCNC(=N)N)NC(=O)[C@H](CCCNC(=N)N)NC(=O)[C@@H]1CCC(=O)N[C@@H](Cc2ccc(O)cc2)C(=O)NCC(=O)N[C@@H](Cc2c[nH]c3ccccc23)C(=O)N[C@@H](Cc2c[nH]c3ccccc23)C(=O)N1)C(=O)N[C@@H](CCCNC(=N)N)C(=O)N1CCC[C@H]1C(=O)N[C@@H](CCCCN)C(N)=O. The van der Waals surface area contributed by atoms with Gasteiger partial charge in [0.25, 0.3) is 0 Å². The van der Waals surface area contributed by atoms with Gasteiger partial charge in [-0.1, -0.05) is 68.8 Å². The van der Waals surface area contributed by atoms with Crippen LogP contribution in [0.4, 0.5) is 0 Å². The summed E-state index contributed by atoms with van der Waals surface area (Å²) in [6.07, 6.45) is 3.61. The van der Waals surface area contributed by atoms with Crippen LogP contribution in [-0.2, 0) is 76.8 Å². The van der Waals surface area contributed by atoms with Gasteiger partial charge in [-0.05, 0) is 130 Å². The molecular formula is C73H106N24O13. The smallest absolute Gasteiger partial charge is 0.245 e. The van der Waals surface area contributed by atoms with Gasteiger partial charge in [0.2, 0.25) is 70.9 Å². The lowest BCUT2D eigenvalue weighted by molar-refractivity contribution is -0.142. The van der Waals surface area contributed by atoms with E-state index in [1.165, 1.54) is 29.2 Å². The van der Waals surface area contributed by atoms with Crippen LogP contribution in [0.25, 0.3) is 21.8 Å². The van der Waals surface area contributed by atoms with Crippen molar-refractivity contribution in [3.05, 3.63) is 102 Å². The number of para-hydroxylation sites is 2. The molecule has 0 aliphatic carbocycles. The van der Waals surface area contributed by atoms with Crippen LogP contribution in [0.1, 0.15) is 120 Å². The van der Waals surface area contributed by atoms with Crippen LogP contribution >= 0.6 is 0 Å². The van der Waals surface area contributed by atoms with Crippen molar-refractivity contribution in [2.24, 2.45) is 34.6 Å². The number of benzene rings is 3. The number of aromatic amines is 2. The van der Waals surface area contributed by atoms with Crippen LogP contribution in [0.2, 0.25) is 0 Å². The molecule has 29 N–H and O–H groups in total. The van der Waals surface area contributed by atoms with E-state index in [9.17, 15) is 38.7 Å². The minimum Gasteiger partial charge on any atom is -0.508 e. The van der Waals surface area contributed by atoms with E-state index >= 15 is 24.0 Å². The van der Waals surface area contributed by atoms with Crippen LogP contribution in [0.5, 0.6) is 5.75 Å². The number of nitrogens with one attached hydrogen (secondary N) is 18. The summed E-state index contributed by atoms with van der Waals surface area (Å²) in [5.74, 6) is -12.0. The number of likely N-dealkylation sites (tertiary alicyclic amines) is 1. The quantitative estimate of drug-likeness (QED) is 0.0109. The van der Waals surface area contributed by atoms with E-state index in [2.05, 4.69) is 79.1 Å². The monoisotopic (exact) mass is 1530 g/mol. The van der Waals surface area contributed by atoms with Gasteiger partial charge in [0, 0.05) is 86.1 Å². The van der Waals surface area contributed by atoms with Gasteiger partial charge in [0.15, 0.2) is 17.9 Å². The van der Waals surface area contributed by atoms with Crippen molar-refractivity contribution in [1.29, 1.82) is 16.2 Å². The van der Waals surface area contributed by atoms with Crippen LogP contribution in [-0.4, -0.2) is 208 Å². The minimum atomic E-state index is -1.74. The van der Waals surface area contributed by atoms with E-state index in [1.807, 2.05) is 18.2 Å². The molecule has 37 heteroatoms. The topological polar surface area (TPSA) is 618 Å². The van der Waals surface area contributed by atoms with E-state index < -0.39 is 169 Å². The van der Waals surface area contributed by atoms with Gasteiger partial charge < -0.3 is 118 Å². The second kappa shape index (κ2) is 42.5. The number of guanidine groups is 3. The van der Waals surface area contributed by atoms with Crippen LogP contribution < -0.4 is 97.8 Å². The molecule has 0 radical (unpaired) electrons. The predicted molar refractivity (Wildman–Crippen MR) is 409 cm³/mol. The molecule has 5 aromatic rings. The first-order valence-electron chi connectivity index (χ1n) is 37.0. The Morgan fingerprint density at radius 1 is 0.555 bits per heavy atom. The van der Waals surface area contributed by atoms with Crippen LogP contribution in [0.3, 0.4) is 0 Å². The molecule has 3 aromatic carbocycles. The molecule has 2 aliphatic heterocycles. The molecule has 0 bridgehead atoms. The van der Waals surface area contributed by atoms with Gasteiger partial charge in [-0.2, -0.15) is 0 Å². The van der Waals surface area contributed by atoms with Gasteiger partial charge in [0.05, 0.1) is 6.54 Å². The van der Waals surface area contributed by atoms with Crippen LogP contribution in [0, 0.1) is 22.1 Å². The van der Waals surface area contributed by atoms with E-state index in [-0.39, 0.29) is 115 Å². The summed E-state index contributed by atoms with van der Waals surface area (Å²) in [4.78, 5) is 182. The van der Waals surface area contributed by atoms with E-state index in [4.69, 9.17) is 44.9 Å². The Balaban J connectivity index is 1.21. The van der Waals surface area contributed by atoms with Crippen molar-refractivity contribution in [2.75, 3.05) is 39.3 Å². The molecule has 7 rings (SSSR count). The number of carbonyl (C=O) groups is 12. The highest BCUT2D eigenvalue weighted by molar-refractivity contribution is 6.00. The van der Waals surface area contributed by atoms with Gasteiger partial charge in [-0.3, -0.25) is 73.8 Å². The first-order valence-corrected chi connectivity index (χ1v) is 37.0. The highest BCUT2D eigenvalue weighted by Gasteiger charge is 2.41. The normalized spacial score (nSPS) is 18.8. The number of amides is 12. The molecule has 2 saturated heterocycles. The average Bonchev–Trinajstić information content (AvgIpc) is 1.67. The number of unbranched alkanes of at least 4 members (excludes halogenated alkanes) is 1. The summed E-state index contributed by atoms with van der Waals surface area (Å²) in [5, 5.41) is 69.9. The minimum absolute atomic E-state index is 0.00866. The zero-order chi connectivity index (χ0) is 80.0. The Hall–Kier alpha value is -12.0. The first kappa shape index (κ1) is 85.2. The van der Waals surface area contributed by atoms with Crippen molar-refractivity contribution in [3.63, 3.8) is 0 Å². The maximum atomic E-state index is 15.3. The number of carbonyl (C=O) groups excluding carboxylic acids is 12. The Morgan fingerprint density at radius 3 is 1.62 bits per heavy atom. The number of H-pyrrole nitrogens is 2. The Kier molecular flexibility index (Phi) is 32.9. The van der Waals surface area contributed by atoms with Crippen molar-refractivity contribution in [1.82, 2.24) is 84.0 Å². The van der Waals surface area contributed by atoms with Gasteiger partial charge in [0.1, 0.15) is 66.2 Å². The fraction of sp³-hybridized carbons (Fsp3) is 0.493. The fourth-order valence-electron chi connectivity index (χ4n) is 13.1. The molecule has 2 aliphatic rings. The van der Waals surface area contributed by atoms with Gasteiger partial charge in [-0.25, -0.2) is 0 Å². The third kappa shape index (κ3) is 26.1. The lowest BCUT2D eigenvalue weighted by Crippen LogP contribution is -2.61. The molecule has 596 valence electrons. The predicted octanol–water partition coefficient (Wildman–Crippen LogP) is -2.90. The summed E-state index contributed by atoms with van der Waals surface area (Å²) in [6.45, 7) is 3.28. The number of primary amides is 1. The summed E-state index contributed by atoms with van der Waals surface area (Å²) < 4.78 is 0. The maximum absolute atomic E-state index is 15.3. The molecule has 4 heterocycles. The Labute approximate surface area is 635 Å². The lowest BCUT2D eigenvalue weighted by atomic mass is 9.96. The lowest BCUT2D eigenvalue weighted by Gasteiger charge is -2.32. The third-order valence-corrected chi connectivity index (χ3v) is 19.3. The molecule has 37 nitrogen and oxygen atoms in total.